The molecule has 2 spiro atoms. The van der Waals surface area contributed by atoms with Gasteiger partial charge in [-0.1, -0.05) is 200 Å². The van der Waals surface area contributed by atoms with Crippen LogP contribution in [-0.4, -0.2) is 0 Å². The Hall–Kier alpha value is -9.04. The molecule has 0 radical (unpaired) electrons. The van der Waals surface area contributed by atoms with Gasteiger partial charge in [-0.25, -0.2) is 0 Å². The highest BCUT2D eigenvalue weighted by Crippen LogP contribution is 2.67. The molecular formula is C70H41N. The van der Waals surface area contributed by atoms with Crippen LogP contribution in [0.2, 0.25) is 0 Å². The maximum absolute atomic E-state index is 2.63. The predicted octanol–water partition coefficient (Wildman–Crippen LogP) is 17.9. The van der Waals surface area contributed by atoms with E-state index in [1.165, 1.54) is 132 Å². The van der Waals surface area contributed by atoms with Gasteiger partial charge in [-0.2, -0.15) is 0 Å². The number of para-hydroxylation sites is 2. The van der Waals surface area contributed by atoms with Crippen molar-refractivity contribution in [2.24, 2.45) is 0 Å². The van der Waals surface area contributed by atoms with E-state index in [1.807, 2.05) is 0 Å². The van der Waals surface area contributed by atoms with Crippen LogP contribution in [0, 0.1) is 0 Å². The average molecular weight is 896 g/mol. The summed E-state index contributed by atoms with van der Waals surface area (Å²) in [6, 6.07) is 94.6. The van der Waals surface area contributed by atoms with Crippen LogP contribution in [0.25, 0.3) is 87.6 Å². The van der Waals surface area contributed by atoms with Crippen molar-refractivity contribution in [1.82, 2.24) is 0 Å². The van der Waals surface area contributed by atoms with Crippen molar-refractivity contribution in [3.05, 3.63) is 293 Å². The van der Waals surface area contributed by atoms with Crippen molar-refractivity contribution >= 4 is 60.2 Å². The van der Waals surface area contributed by atoms with Crippen molar-refractivity contribution in [2.45, 2.75) is 10.8 Å². The highest BCUT2D eigenvalue weighted by molar-refractivity contribution is 6.36. The lowest BCUT2D eigenvalue weighted by atomic mass is 9.69. The first kappa shape index (κ1) is 37.9. The summed E-state index contributed by atoms with van der Waals surface area (Å²) in [5.74, 6) is 0. The van der Waals surface area contributed by atoms with Crippen molar-refractivity contribution in [3.63, 3.8) is 0 Å². The Labute approximate surface area is 411 Å². The van der Waals surface area contributed by atoms with E-state index in [-0.39, 0.29) is 0 Å². The third-order valence-electron chi connectivity index (χ3n) is 17.2. The summed E-state index contributed by atoms with van der Waals surface area (Å²) in [6.45, 7) is 0. The molecule has 0 N–H and O–H groups in total. The molecule has 0 aliphatic heterocycles. The fourth-order valence-corrected chi connectivity index (χ4v) is 14.8. The third-order valence-corrected chi connectivity index (χ3v) is 17.2. The molecule has 0 unspecified atom stereocenters. The molecule has 4 aliphatic rings. The molecule has 1 heteroatoms. The number of hydrogen-bond acceptors (Lipinski definition) is 1. The maximum atomic E-state index is 2.63. The first-order valence-electron chi connectivity index (χ1n) is 25.0. The number of anilines is 3. The van der Waals surface area contributed by atoms with E-state index in [0.29, 0.717) is 0 Å². The average Bonchev–Trinajstić information content (AvgIpc) is 4.12. The quantitative estimate of drug-likeness (QED) is 0.126. The third kappa shape index (κ3) is 4.42. The van der Waals surface area contributed by atoms with E-state index in [9.17, 15) is 0 Å². The van der Waals surface area contributed by atoms with E-state index in [4.69, 9.17) is 0 Å². The van der Waals surface area contributed by atoms with Crippen LogP contribution in [0.15, 0.2) is 249 Å². The second-order valence-electron chi connectivity index (χ2n) is 20.1. The summed E-state index contributed by atoms with van der Waals surface area (Å²) >= 11 is 0. The molecule has 0 bridgehead atoms. The lowest BCUT2D eigenvalue weighted by molar-refractivity contribution is 0.795. The van der Waals surface area contributed by atoms with Crippen LogP contribution >= 0.6 is 0 Å². The molecule has 326 valence electrons. The van der Waals surface area contributed by atoms with Gasteiger partial charge in [-0.3, -0.25) is 0 Å². The topological polar surface area (TPSA) is 3.24 Å². The number of hydrogen-bond donors (Lipinski definition) is 0. The minimum absolute atomic E-state index is 0.439. The van der Waals surface area contributed by atoms with Gasteiger partial charge < -0.3 is 4.90 Å². The van der Waals surface area contributed by atoms with Crippen molar-refractivity contribution in [1.29, 1.82) is 0 Å². The van der Waals surface area contributed by atoms with Crippen LogP contribution in [0.1, 0.15) is 44.5 Å². The van der Waals surface area contributed by atoms with Gasteiger partial charge in [-0.15, -0.1) is 0 Å². The van der Waals surface area contributed by atoms with Gasteiger partial charge >= 0.3 is 0 Å². The maximum Gasteiger partial charge on any atom is 0.0726 e. The van der Waals surface area contributed by atoms with Gasteiger partial charge in [0.05, 0.1) is 10.8 Å². The van der Waals surface area contributed by atoms with Gasteiger partial charge in [0, 0.05) is 17.1 Å². The lowest BCUT2D eigenvalue weighted by Crippen LogP contribution is -2.26. The minimum Gasteiger partial charge on any atom is -0.310 e. The molecule has 0 aromatic heterocycles. The Kier molecular flexibility index (Phi) is 7.14. The highest BCUT2D eigenvalue weighted by atomic mass is 15.1. The molecule has 0 atom stereocenters. The second-order valence-corrected chi connectivity index (χ2v) is 20.1. The fraction of sp³-hybridized carbons (Fsp3) is 0.0286. The Morgan fingerprint density at radius 2 is 0.563 bits per heavy atom. The van der Waals surface area contributed by atoms with Crippen molar-refractivity contribution in [2.75, 3.05) is 4.90 Å². The Balaban J connectivity index is 1.02. The first-order valence-corrected chi connectivity index (χ1v) is 25.0. The van der Waals surface area contributed by atoms with Crippen molar-refractivity contribution < 1.29 is 0 Å². The number of benzene rings is 13. The molecule has 1 nitrogen and oxygen atoms in total. The molecule has 0 heterocycles. The molecule has 13 aromatic rings. The van der Waals surface area contributed by atoms with Gasteiger partial charge in [0.2, 0.25) is 0 Å². The Morgan fingerprint density at radius 1 is 0.211 bits per heavy atom. The molecule has 0 fully saturated rings. The SMILES string of the molecule is c1ccc(N(c2ccccc2)c2ccc3c(c2)C2(c4ccccc4-c4ccccc42)c2cc4c5cccc6c7c(cc(c8cccc(c2-3)c84)c65)C2(c3ccccc3-c3ccccc32)c2ccccc2-7)cc1. The van der Waals surface area contributed by atoms with E-state index in [0.717, 1.165) is 17.1 Å². The number of fused-ring (bicyclic) bond motifs is 24. The summed E-state index contributed by atoms with van der Waals surface area (Å²) in [7, 11) is 0. The largest absolute Gasteiger partial charge is 0.310 e. The van der Waals surface area contributed by atoms with Crippen molar-refractivity contribution in [3.8, 4) is 44.5 Å². The number of rotatable bonds is 3. The zero-order valence-corrected chi connectivity index (χ0v) is 38.6. The zero-order valence-electron chi connectivity index (χ0n) is 38.6. The van der Waals surface area contributed by atoms with E-state index < -0.39 is 10.8 Å². The van der Waals surface area contributed by atoms with Gasteiger partial charge in [0.1, 0.15) is 0 Å². The van der Waals surface area contributed by atoms with E-state index in [1.54, 1.807) is 0 Å². The monoisotopic (exact) mass is 895 g/mol. The van der Waals surface area contributed by atoms with E-state index in [2.05, 4.69) is 254 Å². The minimum atomic E-state index is -0.561. The molecular weight excluding hydrogens is 855 g/mol. The first-order chi connectivity index (χ1) is 35.3. The summed E-state index contributed by atoms with van der Waals surface area (Å²) < 4.78 is 0. The number of nitrogens with zero attached hydrogens (tertiary/aromatic N) is 1. The van der Waals surface area contributed by atoms with Crippen LogP contribution in [-0.2, 0) is 10.8 Å². The summed E-state index contributed by atoms with van der Waals surface area (Å²) in [4.78, 5) is 2.42. The van der Waals surface area contributed by atoms with Crippen LogP contribution in [0.3, 0.4) is 0 Å². The Bertz CT molecular complexity index is 4330. The fourth-order valence-electron chi connectivity index (χ4n) is 14.8. The molecule has 0 saturated carbocycles. The zero-order chi connectivity index (χ0) is 46.2. The molecule has 13 aromatic carbocycles. The van der Waals surface area contributed by atoms with Crippen LogP contribution < -0.4 is 4.90 Å². The molecule has 0 saturated heterocycles. The normalized spacial score (nSPS) is 14.4. The Morgan fingerprint density at radius 3 is 1.01 bits per heavy atom. The standard InChI is InChI=1S/C70H41N/c1-3-19-42(20-4-1)71(43-21-5-2-6-22-43)44-37-38-52-62(39-44)70(59-34-14-9-25-47(59)48-26-10-15-35-60(48)70)64-41-56-50-28-17-30-53-65(50)55(49-29-18-31-54(66(49)56)68(52)64)40-63-67(53)51-27-11-16-36-61(51)69(63)57-32-12-7-23-45(57)46-24-8-13-33-58(46)69/h1-41H. The predicted molar refractivity (Wildman–Crippen MR) is 295 cm³/mol. The summed E-state index contributed by atoms with van der Waals surface area (Å²) in [6.07, 6.45) is 0. The molecule has 71 heavy (non-hydrogen) atoms. The highest BCUT2D eigenvalue weighted by Gasteiger charge is 2.54. The molecule has 4 aliphatic carbocycles. The second kappa shape index (κ2) is 13.4. The van der Waals surface area contributed by atoms with Gasteiger partial charge in [0.25, 0.3) is 0 Å². The van der Waals surface area contributed by atoms with Crippen LogP contribution in [0.4, 0.5) is 17.1 Å². The van der Waals surface area contributed by atoms with Gasteiger partial charge in [0.15, 0.2) is 0 Å². The van der Waals surface area contributed by atoms with Gasteiger partial charge in [-0.05, 0) is 181 Å². The molecule has 0 amide bonds. The summed E-state index contributed by atoms with van der Waals surface area (Å²) in [5, 5.41) is 10.6. The molecule has 17 rings (SSSR count). The smallest absolute Gasteiger partial charge is 0.0726 e. The lowest BCUT2D eigenvalue weighted by Gasteiger charge is -2.32. The van der Waals surface area contributed by atoms with Crippen LogP contribution in [0.5, 0.6) is 0 Å². The van der Waals surface area contributed by atoms with E-state index >= 15 is 0 Å². The summed E-state index contributed by atoms with van der Waals surface area (Å²) in [5.41, 5.74) is 23.9.